The molecular weight excluding hydrogens is 398 g/mol. The van der Waals surface area contributed by atoms with Gasteiger partial charge in [-0.05, 0) is 36.8 Å². The van der Waals surface area contributed by atoms with Crippen molar-refractivity contribution < 1.29 is 29.0 Å². The predicted octanol–water partition coefficient (Wildman–Crippen LogP) is 3.02. The van der Waals surface area contributed by atoms with Gasteiger partial charge in [0.2, 0.25) is 10.9 Å². The Morgan fingerprint density at radius 1 is 1.34 bits per heavy atom. The lowest BCUT2D eigenvalue weighted by molar-refractivity contribution is -0.117. The SMILES string of the molecule is CCOc1cc(C2C(C(=O)c3ccco3)=C(O)C(=O)N2c2nncs2)ccc1O. The number of aromatic nitrogens is 2. The van der Waals surface area contributed by atoms with Gasteiger partial charge >= 0.3 is 0 Å². The average Bonchev–Trinajstić information content (AvgIpc) is 3.46. The number of ether oxygens (including phenoxy) is 1. The topological polar surface area (TPSA) is 126 Å². The molecule has 1 amide bonds. The maximum atomic E-state index is 13.0. The van der Waals surface area contributed by atoms with Crippen molar-refractivity contribution >= 4 is 28.2 Å². The van der Waals surface area contributed by atoms with Crippen LogP contribution in [0.5, 0.6) is 11.5 Å². The Kier molecular flexibility index (Phi) is 4.77. The second kappa shape index (κ2) is 7.40. The first-order valence-corrected chi connectivity index (χ1v) is 9.47. The first kappa shape index (κ1) is 18.7. The number of amides is 1. The van der Waals surface area contributed by atoms with Crippen LogP contribution < -0.4 is 9.64 Å². The van der Waals surface area contributed by atoms with E-state index < -0.39 is 23.5 Å². The Labute approximate surface area is 168 Å². The molecule has 1 unspecified atom stereocenters. The van der Waals surface area contributed by atoms with Crippen molar-refractivity contribution in [3.8, 4) is 11.5 Å². The Hall–Kier alpha value is -3.66. The molecule has 1 aliphatic rings. The molecule has 4 rings (SSSR count). The van der Waals surface area contributed by atoms with Gasteiger partial charge in [0.15, 0.2) is 23.0 Å². The van der Waals surface area contributed by atoms with Crippen LogP contribution >= 0.6 is 11.3 Å². The molecule has 0 saturated heterocycles. The van der Waals surface area contributed by atoms with Gasteiger partial charge in [-0.1, -0.05) is 17.4 Å². The monoisotopic (exact) mass is 413 g/mol. The smallest absolute Gasteiger partial charge is 0.296 e. The lowest BCUT2D eigenvalue weighted by Gasteiger charge is -2.24. The van der Waals surface area contributed by atoms with Gasteiger partial charge < -0.3 is 19.4 Å². The maximum absolute atomic E-state index is 13.0. The van der Waals surface area contributed by atoms with E-state index in [4.69, 9.17) is 9.15 Å². The summed E-state index contributed by atoms with van der Waals surface area (Å²) in [6.45, 7) is 2.07. The summed E-state index contributed by atoms with van der Waals surface area (Å²) in [5, 5.41) is 28.4. The molecule has 0 bridgehead atoms. The van der Waals surface area contributed by atoms with Gasteiger partial charge in [0.05, 0.1) is 24.5 Å². The van der Waals surface area contributed by atoms with E-state index in [1.165, 1.54) is 47.0 Å². The zero-order chi connectivity index (χ0) is 20.5. The fraction of sp³-hybridized carbons (Fsp3) is 0.158. The van der Waals surface area contributed by atoms with Crippen LogP contribution in [0.2, 0.25) is 0 Å². The molecule has 9 nitrogen and oxygen atoms in total. The first-order chi connectivity index (χ1) is 14.0. The number of aromatic hydroxyl groups is 1. The van der Waals surface area contributed by atoms with Gasteiger partial charge in [-0.15, -0.1) is 10.2 Å². The third-order valence-electron chi connectivity index (χ3n) is 4.35. The predicted molar refractivity (Wildman–Crippen MR) is 102 cm³/mol. The Bertz CT molecular complexity index is 1090. The van der Waals surface area contributed by atoms with Crippen molar-refractivity contribution in [1.29, 1.82) is 0 Å². The van der Waals surface area contributed by atoms with Gasteiger partial charge in [-0.2, -0.15) is 0 Å². The van der Waals surface area contributed by atoms with Crippen LogP contribution in [-0.4, -0.2) is 38.7 Å². The fourth-order valence-corrected chi connectivity index (χ4v) is 3.72. The summed E-state index contributed by atoms with van der Waals surface area (Å²) in [6, 6.07) is 6.42. The number of phenols is 1. The number of ketones is 1. The fourth-order valence-electron chi connectivity index (χ4n) is 3.13. The third kappa shape index (κ3) is 3.13. The zero-order valence-electron chi connectivity index (χ0n) is 15.1. The summed E-state index contributed by atoms with van der Waals surface area (Å²) >= 11 is 1.08. The number of Topliss-reactive ketones (excluding diaryl/α,β-unsaturated/α-hetero) is 1. The standard InChI is InChI=1S/C19H15N3O6S/c1-2-27-13-8-10(5-6-11(13)23)15-14(16(24)12-4-3-7-28-12)17(25)18(26)22(15)19-21-20-9-29-19/h3-9,15,23,25H,2H2,1H3. The summed E-state index contributed by atoms with van der Waals surface area (Å²) in [4.78, 5) is 27.1. The van der Waals surface area contributed by atoms with Gasteiger partial charge in [-0.25, -0.2) is 0 Å². The minimum Gasteiger partial charge on any atom is -0.504 e. The number of nitrogens with zero attached hydrogens (tertiary/aromatic N) is 3. The number of aliphatic hydroxyl groups excluding tert-OH is 1. The molecule has 2 aromatic heterocycles. The van der Waals surface area contributed by atoms with Crippen LogP contribution in [0.25, 0.3) is 0 Å². The number of carbonyl (C=O) groups is 2. The minimum absolute atomic E-state index is 0.0210. The summed E-state index contributed by atoms with van der Waals surface area (Å²) in [6.07, 6.45) is 1.33. The molecule has 2 N–H and O–H groups in total. The summed E-state index contributed by atoms with van der Waals surface area (Å²) in [7, 11) is 0. The zero-order valence-corrected chi connectivity index (χ0v) is 15.9. The highest BCUT2D eigenvalue weighted by molar-refractivity contribution is 7.13. The van der Waals surface area contributed by atoms with Crippen LogP contribution in [0.1, 0.15) is 29.1 Å². The van der Waals surface area contributed by atoms with E-state index in [1.54, 1.807) is 6.92 Å². The minimum atomic E-state index is -1.01. The Morgan fingerprint density at radius 2 is 2.17 bits per heavy atom. The number of benzene rings is 1. The number of hydrogen-bond acceptors (Lipinski definition) is 9. The van der Waals surface area contributed by atoms with Crippen LogP contribution in [0.4, 0.5) is 5.13 Å². The molecule has 1 aliphatic heterocycles. The van der Waals surface area contributed by atoms with Crippen LogP contribution in [0.3, 0.4) is 0 Å². The number of anilines is 1. The van der Waals surface area contributed by atoms with E-state index in [0.29, 0.717) is 12.2 Å². The molecule has 0 saturated carbocycles. The molecule has 0 spiro atoms. The number of furan rings is 1. The van der Waals surface area contributed by atoms with Gasteiger partial charge in [-0.3, -0.25) is 14.5 Å². The molecule has 0 radical (unpaired) electrons. The molecular formula is C19H15N3O6S. The average molecular weight is 413 g/mol. The molecule has 29 heavy (non-hydrogen) atoms. The molecule has 1 aromatic carbocycles. The molecule has 0 fully saturated rings. The van der Waals surface area contributed by atoms with E-state index in [2.05, 4.69) is 10.2 Å². The largest absolute Gasteiger partial charge is 0.504 e. The molecule has 148 valence electrons. The van der Waals surface area contributed by atoms with Crippen LogP contribution in [0, 0.1) is 0 Å². The molecule has 10 heteroatoms. The normalized spacial score (nSPS) is 16.5. The molecule has 3 aromatic rings. The Balaban J connectivity index is 1.88. The number of carbonyl (C=O) groups excluding carboxylic acids is 2. The van der Waals surface area contributed by atoms with Crippen molar-refractivity contribution in [1.82, 2.24) is 10.2 Å². The Morgan fingerprint density at radius 3 is 2.83 bits per heavy atom. The quantitative estimate of drug-likeness (QED) is 0.591. The number of hydrogen-bond donors (Lipinski definition) is 2. The second-order valence-corrected chi connectivity index (χ2v) is 6.84. The van der Waals surface area contributed by atoms with Crippen LogP contribution in [0.15, 0.2) is 57.9 Å². The van der Waals surface area contributed by atoms with E-state index in [1.807, 2.05) is 0 Å². The summed E-state index contributed by atoms with van der Waals surface area (Å²) < 4.78 is 10.6. The highest BCUT2D eigenvalue weighted by atomic mass is 32.1. The van der Waals surface area contributed by atoms with Gasteiger partial charge in [0.25, 0.3) is 5.91 Å². The molecule has 3 heterocycles. The summed E-state index contributed by atoms with van der Waals surface area (Å²) in [5.41, 5.74) is 1.72. The highest BCUT2D eigenvalue weighted by Gasteiger charge is 2.46. The second-order valence-electron chi connectivity index (χ2n) is 6.03. The summed E-state index contributed by atoms with van der Waals surface area (Å²) in [5.74, 6) is -2.04. The van der Waals surface area contributed by atoms with E-state index in [0.717, 1.165) is 11.3 Å². The van der Waals surface area contributed by atoms with E-state index >= 15 is 0 Å². The maximum Gasteiger partial charge on any atom is 0.296 e. The third-order valence-corrected chi connectivity index (χ3v) is 5.04. The van der Waals surface area contributed by atoms with Gasteiger partial charge in [0.1, 0.15) is 5.51 Å². The van der Waals surface area contributed by atoms with Crippen molar-refractivity contribution in [3.63, 3.8) is 0 Å². The van der Waals surface area contributed by atoms with Crippen molar-refractivity contribution in [2.75, 3.05) is 11.5 Å². The van der Waals surface area contributed by atoms with E-state index in [9.17, 15) is 19.8 Å². The number of rotatable bonds is 6. The molecule has 0 aliphatic carbocycles. The van der Waals surface area contributed by atoms with Crippen molar-refractivity contribution in [2.24, 2.45) is 0 Å². The number of aliphatic hydroxyl groups is 1. The highest BCUT2D eigenvalue weighted by Crippen LogP contribution is 2.44. The first-order valence-electron chi connectivity index (χ1n) is 8.59. The van der Waals surface area contributed by atoms with Crippen molar-refractivity contribution in [2.45, 2.75) is 13.0 Å². The molecule has 1 atom stereocenters. The lowest BCUT2D eigenvalue weighted by atomic mass is 9.95. The van der Waals surface area contributed by atoms with E-state index in [-0.39, 0.29) is 28.0 Å². The lowest BCUT2D eigenvalue weighted by Crippen LogP contribution is -2.31. The van der Waals surface area contributed by atoms with Gasteiger partial charge in [0, 0.05) is 0 Å². The van der Waals surface area contributed by atoms with Crippen molar-refractivity contribution in [3.05, 3.63) is 64.8 Å². The number of phenolic OH excluding ortho intramolecular Hbond substituents is 1. The van der Waals surface area contributed by atoms with Crippen LogP contribution in [-0.2, 0) is 4.79 Å².